The van der Waals surface area contributed by atoms with Gasteiger partial charge in [-0.2, -0.15) is 0 Å². The summed E-state index contributed by atoms with van der Waals surface area (Å²) in [5.74, 6) is 0. The number of anilines is 1. The smallest absolute Gasteiger partial charge is 0.185 e. The molecule has 18 heavy (non-hydrogen) atoms. The molecule has 5 nitrogen and oxygen atoms in total. The Balaban J connectivity index is 2.41. The summed E-state index contributed by atoms with van der Waals surface area (Å²) in [5, 5.41) is 4.34. The molecule has 1 heterocycles. The van der Waals surface area contributed by atoms with E-state index in [-0.39, 0.29) is 0 Å². The Labute approximate surface area is 113 Å². The summed E-state index contributed by atoms with van der Waals surface area (Å²) in [6, 6.07) is 0.329. The zero-order valence-corrected chi connectivity index (χ0v) is 12.4. The molecule has 0 aromatic carbocycles. The molecular formula is C12H23N3O2S. The average Bonchev–Trinajstić information content (AvgIpc) is 2.83. The van der Waals surface area contributed by atoms with Crippen molar-refractivity contribution in [1.29, 1.82) is 0 Å². The largest absolute Gasteiger partial charge is 0.383 e. The molecule has 0 aliphatic rings. The van der Waals surface area contributed by atoms with Gasteiger partial charge in [-0.15, -0.1) is 11.3 Å². The van der Waals surface area contributed by atoms with E-state index in [4.69, 9.17) is 9.47 Å². The highest BCUT2D eigenvalue weighted by Gasteiger charge is 2.13. The fourth-order valence-electron chi connectivity index (χ4n) is 1.47. The van der Waals surface area contributed by atoms with Crippen LogP contribution in [0.15, 0.2) is 6.20 Å². The second kappa shape index (κ2) is 8.42. The van der Waals surface area contributed by atoms with Crippen LogP contribution in [0.25, 0.3) is 0 Å². The normalized spacial score (nSPS) is 12.7. The van der Waals surface area contributed by atoms with Crippen LogP contribution in [-0.4, -0.2) is 52.1 Å². The quantitative estimate of drug-likeness (QED) is 0.688. The van der Waals surface area contributed by atoms with E-state index in [0.717, 1.165) is 24.8 Å². The Morgan fingerprint density at radius 1 is 1.44 bits per heavy atom. The second-order valence-electron chi connectivity index (χ2n) is 4.19. The molecule has 0 fully saturated rings. The molecule has 0 bridgehead atoms. The molecule has 0 spiro atoms. The lowest BCUT2D eigenvalue weighted by Crippen LogP contribution is -2.32. The van der Waals surface area contributed by atoms with Crippen LogP contribution >= 0.6 is 11.3 Å². The summed E-state index contributed by atoms with van der Waals surface area (Å²) < 4.78 is 10.1. The predicted molar refractivity (Wildman–Crippen MR) is 75.4 cm³/mol. The molecule has 0 saturated heterocycles. The number of aromatic nitrogens is 1. The highest BCUT2D eigenvalue weighted by atomic mass is 32.1. The summed E-state index contributed by atoms with van der Waals surface area (Å²) in [4.78, 5) is 7.82. The Morgan fingerprint density at radius 3 is 2.89 bits per heavy atom. The molecule has 1 aromatic rings. The van der Waals surface area contributed by atoms with Gasteiger partial charge < -0.3 is 19.7 Å². The summed E-state index contributed by atoms with van der Waals surface area (Å²) in [6.45, 7) is 5.27. The topological polar surface area (TPSA) is 46.6 Å². The number of likely N-dealkylation sites (N-methyl/N-ethyl adjacent to an activating group) is 1. The van der Waals surface area contributed by atoms with Crippen LogP contribution in [0.1, 0.15) is 11.8 Å². The van der Waals surface area contributed by atoms with Crippen LogP contribution in [0.3, 0.4) is 0 Å². The Hall–Kier alpha value is -0.690. The zero-order chi connectivity index (χ0) is 13.4. The van der Waals surface area contributed by atoms with Crippen LogP contribution in [0.4, 0.5) is 5.13 Å². The molecule has 0 amide bonds. The number of methoxy groups -OCH3 is 2. The van der Waals surface area contributed by atoms with E-state index in [1.807, 2.05) is 13.2 Å². The van der Waals surface area contributed by atoms with Crippen LogP contribution in [0.2, 0.25) is 0 Å². The van der Waals surface area contributed by atoms with Gasteiger partial charge in [-0.25, -0.2) is 4.98 Å². The molecule has 1 aromatic heterocycles. The van der Waals surface area contributed by atoms with Crippen molar-refractivity contribution in [2.45, 2.75) is 19.5 Å². The molecule has 104 valence electrons. The minimum absolute atomic E-state index is 0.329. The van der Waals surface area contributed by atoms with E-state index >= 15 is 0 Å². The highest BCUT2D eigenvalue weighted by Crippen LogP contribution is 2.22. The first-order valence-electron chi connectivity index (χ1n) is 6.05. The molecular weight excluding hydrogens is 250 g/mol. The number of hydrogen-bond donors (Lipinski definition) is 1. The Bertz CT molecular complexity index is 333. The fourth-order valence-corrected chi connectivity index (χ4v) is 2.41. The van der Waals surface area contributed by atoms with Gasteiger partial charge in [-0.05, 0) is 6.92 Å². The Kier molecular flexibility index (Phi) is 7.19. The third-order valence-corrected chi connectivity index (χ3v) is 3.78. The van der Waals surface area contributed by atoms with Crippen molar-refractivity contribution in [1.82, 2.24) is 10.3 Å². The van der Waals surface area contributed by atoms with Crippen molar-refractivity contribution >= 4 is 16.5 Å². The summed E-state index contributed by atoms with van der Waals surface area (Å²) >= 11 is 1.71. The maximum absolute atomic E-state index is 5.15. The number of thiazole rings is 1. The van der Waals surface area contributed by atoms with Gasteiger partial charge in [0.25, 0.3) is 0 Å². The van der Waals surface area contributed by atoms with Crippen molar-refractivity contribution in [3.05, 3.63) is 11.1 Å². The first-order valence-corrected chi connectivity index (χ1v) is 6.86. The number of ether oxygens (including phenoxy) is 2. The van der Waals surface area contributed by atoms with Gasteiger partial charge in [0.15, 0.2) is 5.13 Å². The predicted octanol–water partition coefficient (Wildman–Crippen LogP) is 1.35. The lowest BCUT2D eigenvalue weighted by molar-refractivity contribution is 0.183. The lowest BCUT2D eigenvalue weighted by Gasteiger charge is -2.23. The van der Waals surface area contributed by atoms with Gasteiger partial charge in [0, 0.05) is 45.4 Å². The number of hydrogen-bond acceptors (Lipinski definition) is 6. The average molecular weight is 273 g/mol. The van der Waals surface area contributed by atoms with E-state index < -0.39 is 0 Å². The van der Waals surface area contributed by atoms with Gasteiger partial charge >= 0.3 is 0 Å². The lowest BCUT2D eigenvalue weighted by atomic mass is 10.3. The third-order valence-electron chi connectivity index (χ3n) is 2.69. The summed E-state index contributed by atoms with van der Waals surface area (Å²) in [7, 11) is 5.47. The highest BCUT2D eigenvalue weighted by molar-refractivity contribution is 7.15. The van der Waals surface area contributed by atoms with Gasteiger partial charge in [-0.1, -0.05) is 0 Å². The first kappa shape index (κ1) is 15.4. The molecule has 1 N–H and O–H groups in total. The SMILES string of the molecule is COCCNCc1cnc(N(C)C(C)COC)s1. The summed E-state index contributed by atoms with van der Waals surface area (Å²) in [5.41, 5.74) is 0. The number of rotatable bonds is 9. The van der Waals surface area contributed by atoms with Gasteiger partial charge in [0.1, 0.15) is 0 Å². The second-order valence-corrected chi connectivity index (χ2v) is 5.29. The molecule has 0 aliphatic carbocycles. The van der Waals surface area contributed by atoms with E-state index in [9.17, 15) is 0 Å². The van der Waals surface area contributed by atoms with Gasteiger partial charge in [0.05, 0.1) is 19.3 Å². The number of nitrogens with zero attached hydrogens (tertiary/aromatic N) is 2. The van der Waals surface area contributed by atoms with Crippen LogP contribution < -0.4 is 10.2 Å². The summed E-state index contributed by atoms with van der Waals surface area (Å²) in [6.07, 6.45) is 1.93. The number of nitrogens with one attached hydrogen (secondary N) is 1. The van der Waals surface area contributed by atoms with Crippen LogP contribution in [0, 0.1) is 0 Å². The van der Waals surface area contributed by atoms with E-state index in [2.05, 4.69) is 22.1 Å². The van der Waals surface area contributed by atoms with E-state index in [0.29, 0.717) is 12.6 Å². The first-order chi connectivity index (χ1) is 8.69. The standard InChI is InChI=1S/C12H23N3O2S/c1-10(9-17-4)15(2)12-14-8-11(18-12)7-13-5-6-16-3/h8,10,13H,5-7,9H2,1-4H3. The molecule has 0 radical (unpaired) electrons. The van der Waals surface area contributed by atoms with Gasteiger partial charge in [0.2, 0.25) is 0 Å². The van der Waals surface area contributed by atoms with E-state index in [1.165, 1.54) is 4.88 Å². The van der Waals surface area contributed by atoms with Crippen molar-refractivity contribution in [3.63, 3.8) is 0 Å². The maximum Gasteiger partial charge on any atom is 0.185 e. The zero-order valence-electron chi connectivity index (χ0n) is 11.6. The molecule has 6 heteroatoms. The van der Waals surface area contributed by atoms with Crippen molar-refractivity contribution in [2.24, 2.45) is 0 Å². The molecule has 1 unspecified atom stereocenters. The van der Waals surface area contributed by atoms with Crippen LogP contribution in [-0.2, 0) is 16.0 Å². The fraction of sp³-hybridized carbons (Fsp3) is 0.750. The molecule has 0 aliphatic heterocycles. The van der Waals surface area contributed by atoms with Crippen molar-refractivity contribution < 1.29 is 9.47 Å². The molecule has 1 rings (SSSR count). The van der Waals surface area contributed by atoms with Crippen LogP contribution in [0.5, 0.6) is 0 Å². The minimum atomic E-state index is 0.329. The van der Waals surface area contributed by atoms with Gasteiger partial charge in [-0.3, -0.25) is 0 Å². The third kappa shape index (κ3) is 4.89. The molecule has 0 saturated carbocycles. The van der Waals surface area contributed by atoms with Crippen molar-refractivity contribution in [2.75, 3.05) is 45.9 Å². The minimum Gasteiger partial charge on any atom is -0.383 e. The van der Waals surface area contributed by atoms with E-state index in [1.54, 1.807) is 25.6 Å². The Morgan fingerprint density at radius 2 is 2.22 bits per heavy atom. The van der Waals surface area contributed by atoms with Crippen molar-refractivity contribution in [3.8, 4) is 0 Å². The molecule has 1 atom stereocenters. The maximum atomic E-state index is 5.15. The monoisotopic (exact) mass is 273 g/mol.